The van der Waals surface area contributed by atoms with Crippen LogP contribution in [-0.4, -0.2) is 42.1 Å². The Labute approximate surface area is 108 Å². The second-order valence-electron chi connectivity index (χ2n) is 3.96. The highest BCUT2D eigenvalue weighted by Crippen LogP contribution is 2.03. The maximum Gasteiger partial charge on any atom is 0.361 e. The van der Waals surface area contributed by atoms with Crippen LogP contribution >= 0.6 is 0 Å². The second-order valence-corrected chi connectivity index (χ2v) is 3.96. The Kier molecular flexibility index (Phi) is 11.7. The Bertz CT molecular complexity index is 227. The summed E-state index contributed by atoms with van der Waals surface area (Å²) < 4.78 is 14.4. The fraction of sp³-hybridized carbons (Fsp3) is 0.833. The zero-order valence-electron chi connectivity index (χ0n) is 11.9. The second kappa shape index (κ2) is 11.0. The van der Waals surface area contributed by atoms with Crippen LogP contribution in [0.2, 0.25) is 0 Å². The van der Waals surface area contributed by atoms with E-state index >= 15 is 0 Å². The number of ether oxygens (including phenoxy) is 3. The van der Waals surface area contributed by atoms with Crippen molar-refractivity contribution in [1.29, 1.82) is 0 Å². The predicted molar refractivity (Wildman–Crippen MR) is 66.2 cm³/mol. The summed E-state index contributed by atoms with van der Waals surface area (Å²) in [5.74, 6) is -1.30. The van der Waals surface area contributed by atoms with Crippen LogP contribution < -0.4 is 0 Å². The van der Waals surface area contributed by atoms with Gasteiger partial charge in [-0.25, -0.2) is 4.79 Å². The summed E-state index contributed by atoms with van der Waals surface area (Å²) in [6, 6.07) is 0. The molecule has 0 aliphatic carbocycles. The lowest BCUT2D eigenvalue weighted by Crippen LogP contribution is -2.32. The largest absolute Gasteiger partial charge is 0.477 e. The summed E-state index contributed by atoms with van der Waals surface area (Å²) >= 11 is 0. The molecule has 0 spiro atoms. The van der Waals surface area contributed by atoms with Crippen molar-refractivity contribution in [3.05, 3.63) is 0 Å². The average Bonchev–Trinajstić information content (AvgIpc) is 2.15. The molecule has 0 bridgehead atoms. The van der Waals surface area contributed by atoms with Crippen LogP contribution in [0.25, 0.3) is 0 Å². The van der Waals surface area contributed by atoms with E-state index in [-0.39, 0.29) is 18.2 Å². The summed E-state index contributed by atoms with van der Waals surface area (Å²) in [7, 11) is 0. The quantitative estimate of drug-likeness (QED) is 0.582. The molecule has 0 aromatic rings. The molecule has 0 unspecified atom stereocenters. The van der Waals surface area contributed by atoms with Gasteiger partial charge in [-0.05, 0) is 34.6 Å². The van der Waals surface area contributed by atoms with Crippen molar-refractivity contribution in [3.63, 3.8) is 0 Å². The van der Waals surface area contributed by atoms with Gasteiger partial charge in [0.25, 0.3) is 6.29 Å². The number of carbonyl (C=O) groups excluding carboxylic acids is 1. The third kappa shape index (κ3) is 14.9. The minimum absolute atomic E-state index is 0.148. The lowest BCUT2D eigenvalue weighted by molar-refractivity contribution is -0.206. The topological polar surface area (TPSA) is 82.1 Å². The molecule has 108 valence electrons. The number of esters is 1. The number of carboxylic acid groups (broad SMARTS) is 1. The van der Waals surface area contributed by atoms with Crippen LogP contribution in [0, 0.1) is 0 Å². The van der Waals surface area contributed by atoms with Crippen LogP contribution in [0.5, 0.6) is 0 Å². The number of hydrogen-bond acceptors (Lipinski definition) is 5. The minimum Gasteiger partial charge on any atom is -0.477 e. The molecule has 0 heterocycles. The third-order valence-electron chi connectivity index (χ3n) is 1.34. The van der Waals surface area contributed by atoms with Gasteiger partial charge in [0.1, 0.15) is 0 Å². The fourth-order valence-corrected chi connectivity index (χ4v) is 0.846. The van der Waals surface area contributed by atoms with E-state index in [1.807, 2.05) is 0 Å². The van der Waals surface area contributed by atoms with Gasteiger partial charge in [0.05, 0.1) is 18.8 Å². The van der Waals surface area contributed by atoms with Crippen LogP contribution in [0.15, 0.2) is 0 Å². The highest BCUT2D eigenvalue weighted by molar-refractivity contribution is 5.70. The highest BCUT2D eigenvalue weighted by atomic mass is 16.7. The molecule has 0 fully saturated rings. The van der Waals surface area contributed by atoms with Crippen LogP contribution in [0.4, 0.5) is 0 Å². The monoisotopic (exact) mass is 264 g/mol. The zero-order valence-corrected chi connectivity index (χ0v) is 11.9. The van der Waals surface area contributed by atoms with Crippen molar-refractivity contribution in [2.45, 2.75) is 60.0 Å². The van der Waals surface area contributed by atoms with Crippen molar-refractivity contribution in [2.24, 2.45) is 0 Å². The van der Waals surface area contributed by atoms with E-state index in [0.29, 0.717) is 6.61 Å². The Morgan fingerprint density at radius 2 is 1.44 bits per heavy atom. The molecule has 0 aliphatic heterocycles. The van der Waals surface area contributed by atoms with Crippen LogP contribution in [-0.2, 0) is 23.8 Å². The molecule has 0 aromatic heterocycles. The van der Waals surface area contributed by atoms with Gasteiger partial charge >= 0.3 is 11.9 Å². The first kappa shape index (κ1) is 19.2. The maximum atomic E-state index is 10.5. The molecule has 0 amide bonds. The minimum atomic E-state index is -1.15. The summed E-state index contributed by atoms with van der Waals surface area (Å²) in [5, 5.41) is 8.62. The Morgan fingerprint density at radius 3 is 1.56 bits per heavy atom. The summed E-state index contributed by atoms with van der Waals surface area (Å²) in [5.41, 5.74) is 0. The van der Waals surface area contributed by atoms with Gasteiger partial charge in [-0.15, -0.1) is 0 Å². The number of rotatable bonds is 6. The number of hydrogen-bond donors (Lipinski definition) is 1. The van der Waals surface area contributed by atoms with Crippen molar-refractivity contribution in [1.82, 2.24) is 0 Å². The smallest absolute Gasteiger partial charge is 0.361 e. The molecule has 0 aromatic carbocycles. The summed E-state index contributed by atoms with van der Waals surface area (Å²) in [6.07, 6.45) is -1.44. The molecule has 0 rings (SSSR count). The van der Waals surface area contributed by atoms with Crippen LogP contribution in [0.3, 0.4) is 0 Å². The highest BCUT2D eigenvalue weighted by Gasteiger charge is 2.21. The van der Waals surface area contributed by atoms with Gasteiger partial charge in [0, 0.05) is 6.92 Å². The molecule has 18 heavy (non-hydrogen) atoms. The molecular weight excluding hydrogens is 240 g/mol. The first-order valence-electron chi connectivity index (χ1n) is 5.87. The van der Waals surface area contributed by atoms with Gasteiger partial charge in [-0.2, -0.15) is 0 Å². The van der Waals surface area contributed by atoms with Crippen molar-refractivity contribution in [2.75, 3.05) is 6.61 Å². The van der Waals surface area contributed by atoms with Gasteiger partial charge in [-0.3, -0.25) is 4.79 Å². The average molecular weight is 264 g/mol. The van der Waals surface area contributed by atoms with Gasteiger partial charge in [0.15, 0.2) is 0 Å². The molecule has 6 nitrogen and oxygen atoms in total. The lowest BCUT2D eigenvalue weighted by atomic mass is 10.4. The van der Waals surface area contributed by atoms with E-state index in [0.717, 1.165) is 0 Å². The normalized spacial score (nSPS) is 10.3. The number of carboxylic acids is 1. The van der Waals surface area contributed by atoms with E-state index in [1.54, 1.807) is 34.6 Å². The van der Waals surface area contributed by atoms with E-state index < -0.39 is 12.3 Å². The molecular formula is C12H24O6. The zero-order chi connectivity index (χ0) is 14.7. The maximum absolute atomic E-state index is 10.5. The third-order valence-corrected chi connectivity index (χ3v) is 1.34. The molecule has 0 radical (unpaired) electrons. The van der Waals surface area contributed by atoms with Crippen molar-refractivity contribution >= 4 is 11.9 Å². The molecule has 1 N–H and O–H groups in total. The van der Waals surface area contributed by atoms with E-state index in [1.165, 1.54) is 6.92 Å². The first-order valence-corrected chi connectivity index (χ1v) is 5.87. The predicted octanol–water partition coefficient (Wildman–Crippen LogP) is 1.82. The van der Waals surface area contributed by atoms with Gasteiger partial charge in [-0.1, -0.05) is 0 Å². The summed E-state index contributed by atoms with van der Waals surface area (Å²) in [6.45, 7) is 10.7. The Morgan fingerprint density at radius 1 is 1.06 bits per heavy atom. The fourth-order valence-electron chi connectivity index (χ4n) is 0.846. The standard InChI is InChI=1S/C8H16O4.C4H8O2/c1-5(2)11-8(7(9)10)12-6(3)4;1-3-6-4(2)5/h5-6,8H,1-4H3,(H,9,10);3H2,1-2H3. The molecule has 0 atom stereocenters. The first-order chi connectivity index (χ1) is 8.20. The van der Waals surface area contributed by atoms with Crippen molar-refractivity contribution < 1.29 is 28.9 Å². The lowest BCUT2D eigenvalue weighted by Gasteiger charge is -2.18. The van der Waals surface area contributed by atoms with E-state index in [2.05, 4.69) is 4.74 Å². The van der Waals surface area contributed by atoms with E-state index in [9.17, 15) is 9.59 Å². The SMILES string of the molecule is CC(C)OC(OC(C)C)C(=O)O.CCOC(C)=O. The Balaban J connectivity index is 0. The summed E-state index contributed by atoms with van der Waals surface area (Å²) in [4.78, 5) is 20.3. The molecule has 0 saturated heterocycles. The van der Waals surface area contributed by atoms with Gasteiger partial charge < -0.3 is 19.3 Å². The number of aliphatic carboxylic acids is 1. The van der Waals surface area contributed by atoms with E-state index in [4.69, 9.17) is 14.6 Å². The number of carbonyl (C=O) groups is 2. The molecule has 6 heteroatoms. The Hall–Kier alpha value is -1.14. The van der Waals surface area contributed by atoms with Crippen molar-refractivity contribution in [3.8, 4) is 0 Å². The molecule has 0 saturated carbocycles. The van der Waals surface area contributed by atoms with Crippen LogP contribution in [0.1, 0.15) is 41.5 Å². The van der Waals surface area contributed by atoms with Gasteiger partial charge in [0.2, 0.25) is 0 Å². The molecule has 0 aliphatic rings.